The number of nitrogen functional groups attached to an aromatic ring is 1. The van der Waals surface area contributed by atoms with Crippen molar-refractivity contribution in [2.75, 3.05) is 12.3 Å². The normalized spacial score (nSPS) is 12.4. The Morgan fingerprint density at radius 3 is 2.73 bits per heavy atom. The number of anilines is 1. The number of carboxylic acids is 1. The third-order valence-corrected chi connectivity index (χ3v) is 1.99. The van der Waals surface area contributed by atoms with Crippen LogP contribution in [0.5, 0.6) is 0 Å². The molecular weight excluding hydrogens is 196 g/mol. The molecule has 0 amide bonds. The molecular formula is C9H14N4O2. The minimum Gasteiger partial charge on any atom is -0.481 e. The van der Waals surface area contributed by atoms with Gasteiger partial charge in [0.15, 0.2) is 0 Å². The minimum absolute atomic E-state index is 0.278. The van der Waals surface area contributed by atoms with E-state index in [4.69, 9.17) is 16.6 Å². The van der Waals surface area contributed by atoms with E-state index in [-0.39, 0.29) is 5.82 Å². The molecule has 0 radical (unpaired) electrons. The molecule has 82 valence electrons. The van der Waals surface area contributed by atoms with E-state index in [9.17, 15) is 4.79 Å². The van der Waals surface area contributed by atoms with Crippen molar-refractivity contribution in [1.82, 2.24) is 9.97 Å². The highest BCUT2D eigenvalue weighted by molar-refractivity contribution is 5.75. The topological polar surface area (TPSA) is 115 Å². The third-order valence-electron chi connectivity index (χ3n) is 1.99. The van der Waals surface area contributed by atoms with E-state index in [1.807, 2.05) is 0 Å². The van der Waals surface area contributed by atoms with Crippen molar-refractivity contribution in [3.8, 4) is 0 Å². The van der Waals surface area contributed by atoms with Crippen LogP contribution in [0.2, 0.25) is 0 Å². The molecule has 15 heavy (non-hydrogen) atoms. The first kappa shape index (κ1) is 11.4. The zero-order chi connectivity index (χ0) is 11.4. The Morgan fingerprint density at radius 1 is 1.60 bits per heavy atom. The molecule has 0 aliphatic heterocycles. The fourth-order valence-corrected chi connectivity index (χ4v) is 1.36. The molecule has 0 fully saturated rings. The maximum absolute atomic E-state index is 11.0. The van der Waals surface area contributed by atoms with Crippen LogP contribution in [-0.2, 0) is 4.79 Å². The summed E-state index contributed by atoms with van der Waals surface area (Å²) in [4.78, 5) is 18.9. The highest BCUT2D eigenvalue weighted by atomic mass is 16.4. The molecule has 0 aliphatic rings. The zero-order valence-corrected chi connectivity index (χ0v) is 8.47. The molecule has 0 aliphatic carbocycles. The highest BCUT2D eigenvalue weighted by Crippen LogP contribution is 2.18. The second-order valence-corrected chi connectivity index (χ2v) is 3.23. The number of aliphatic carboxylic acids is 1. The quantitative estimate of drug-likeness (QED) is 0.638. The van der Waals surface area contributed by atoms with E-state index in [1.165, 1.54) is 6.07 Å². The lowest BCUT2D eigenvalue weighted by molar-refractivity contribution is -0.139. The van der Waals surface area contributed by atoms with Crippen LogP contribution < -0.4 is 11.5 Å². The Balaban J connectivity index is 3.05. The Hall–Kier alpha value is -1.69. The fraction of sp³-hybridized carbons (Fsp3) is 0.444. The number of nitrogens with two attached hydrogens (primary N) is 2. The van der Waals surface area contributed by atoms with Gasteiger partial charge in [-0.15, -0.1) is 0 Å². The van der Waals surface area contributed by atoms with Gasteiger partial charge in [0.25, 0.3) is 0 Å². The summed E-state index contributed by atoms with van der Waals surface area (Å²) in [6, 6.07) is 1.47. The molecule has 0 spiro atoms. The number of nitrogens with zero attached hydrogens (tertiary/aromatic N) is 2. The van der Waals surface area contributed by atoms with Crippen LogP contribution in [0.1, 0.15) is 23.9 Å². The predicted octanol–water partition coefficient (Wildman–Crippen LogP) is -0.116. The van der Waals surface area contributed by atoms with E-state index < -0.39 is 11.9 Å². The molecule has 0 saturated carbocycles. The average molecular weight is 210 g/mol. The van der Waals surface area contributed by atoms with E-state index in [1.54, 1.807) is 6.92 Å². The fourth-order valence-electron chi connectivity index (χ4n) is 1.36. The van der Waals surface area contributed by atoms with Crippen LogP contribution in [0.15, 0.2) is 6.07 Å². The SMILES string of the molecule is Cc1nc(N)cc(C(CCN)C(=O)O)n1. The molecule has 1 unspecified atom stereocenters. The molecule has 0 saturated heterocycles. The van der Waals surface area contributed by atoms with Crippen LogP contribution >= 0.6 is 0 Å². The lowest BCUT2D eigenvalue weighted by atomic mass is 10.0. The van der Waals surface area contributed by atoms with Crippen LogP contribution in [0.3, 0.4) is 0 Å². The van der Waals surface area contributed by atoms with Gasteiger partial charge in [0.1, 0.15) is 17.6 Å². The molecule has 0 bridgehead atoms. The summed E-state index contributed by atoms with van der Waals surface area (Å²) in [6.07, 6.45) is 0.339. The Labute approximate surface area is 87.3 Å². The number of aryl methyl sites for hydroxylation is 1. The predicted molar refractivity (Wildman–Crippen MR) is 55.2 cm³/mol. The molecule has 1 heterocycles. The van der Waals surface area contributed by atoms with Crippen molar-refractivity contribution in [2.45, 2.75) is 19.3 Å². The summed E-state index contributed by atoms with van der Waals surface area (Å²) >= 11 is 0. The van der Waals surface area contributed by atoms with E-state index in [0.717, 1.165) is 0 Å². The van der Waals surface area contributed by atoms with Gasteiger partial charge in [-0.25, -0.2) is 9.97 Å². The van der Waals surface area contributed by atoms with Crippen molar-refractivity contribution in [3.63, 3.8) is 0 Å². The van der Waals surface area contributed by atoms with Crippen molar-refractivity contribution < 1.29 is 9.90 Å². The summed E-state index contributed by atoms with van der Waals surface area (Å²) in [5.41, 5.74) is 11.3. The number of carbonyl (C=O) groups is 1. The summed E-state index contributed by atoms with van der Waals surface area (Å²) in [6.45, 7) is 1.96. The lowest BCUT2D eigenvalue weighted by Crippen LogP contribution is -2.18. The first-order valence-electron chi connectivity index (χ1n) is 4.58. The van der Waals surface area contributed by atoms with Gasteiger partial charge >= 0.3 is 5.97 Å². The van der Waals surface area contributed by atoms with Gasteiger partial charge < -0.3 is 16.6 Å². The molecule has 1 atom stereocenters. The Morgan fingerprint density at radius 2 is 2.27 bits per heavy atom. The number of hydrogen-bond donors (Lipinski definition) is 3. The summed E-state index contributed by atoms with van der Waals surface area (Å²) in [5, 5.41) is 8.98. The first-order valence-corrected chi connectivity index (χ1v) is 4.58. The van der Waals surface area contributed by atoms with Crippen molar-refractivity contribution >= 4 is 11.8 Å². The molecule has 1 aromatic rings. The van der Waals surface area contributed by atoms with Crippen molar-refractivity contribution in [1.29, 1.82) is 0 Å². The van der Waals surface area contributed by atoms with Gasteiger partial charge in [-0.2, -0.15) is 0 Å². The number of carboxylic acid groups (broad SMARTS) is 1. The smallest absolute Gasteiger partial charge is 0.312 e. The second-order valence-electron chi connectivity index (χ2n) is 3.23. The van der Waals surface area contributed by atoms with Crippen LogP contribution in [0.25, 0.3) is 0 Å². The standard InChI is InChI=1S/C9H14N4O2/c1-5-12-7(4-8(11)13-5)6(2-3-10)9(14)15/h4,6H,2-3,10H2,1H3,(H,14,15)(H2,11,12,13). The summed E-state index contributed by atoms with van der Waals surface area (Å²) in [7, 11) is 0. The maximum atomic E-state index is 11.0. The van der Waals surface area contributed by atoms with E-state index >= 15 is 0 Å². The lowest BCUT2D eigenvalue weighted by Gasteiger charge is -2.11. The van der Waals surface area contributed by atoms with Crippen molar-refractivity contribution in [2.24, 2.45) is 5.73 Å². The van der Waals surface area contributed by atoms with Gasteiger partial charge in [0, 0.05) is 6.07 Å². The number of hydrogen-bond acceptors (Lipinski definition) is 5. The van der Waals surface area contributed by atoms with Gasteiger partial charge in [-0.3, -0.25) is 4.79 Å². The zero-order valence-electron chi connectivity index (χ0n) is 8.47. The van der Waals surface area contributed by atoms with Crippen LogP contribution in [0, 0.1) is 6.92 Å². The van der Waals surface area contributed by atoms with E-state index in [0.29, 0.717) is 24.5 Å². The maximum Gasteiger partial charge on any atom is 0.312 e. The molecule has 6 heteroatoms. The van der Waals surface area contributed by atoms with Crippen LogP contribution in [0.4, 0.5) is 5.82 Å². The Bertz CT molecular complexity index is 347. The van der Waals surface area contributed by atoms with Gasteiger partial charge in [0.05, 0.1) is 5.69 Å². The summed E-state index contributed by atoms with van der Waals surface area (Å²) in [5.74, 6) is -0.911. The second kappa shape index (κ2) is 4.70. The molecule has 6 nitrogen and oxygen atoms in total. The summed E-state index contributed by atoms with van der Waals surface area (Å²) < 4.78 is 0. The minimum atomic E-state index is -0.946. The highest BCUT2D eigenvalue weighted by Gasteiger charge is 2.21. The van der Waals surface area contributed by atoms with Crippen LogP contribution in [-0.4, -0.2) is 27.6 Å². The van der Waals surface area contributed by atoms with Gasteiger partial charge in [-0.05, 0) is 19.9 Å². The third kappa shape index (κ3) is 2.88. The number of rotatable bonds is 4. The number of aromatic nitrogens is 2. The molecule has 1 rings (SSSR count). The largest absolute Gasteiger partial charge is 0.481 e. The monoisotopic (exact) mass is 210 g/mol. The first-order chi connectivity index (χ1) is 7.04. The average Bonchev–Trinajstić information content (AvgIpc) is 2.11. The Kier molecular flexibility index (Phi) is 3.56. The van der Waals surface area contributed by atoms with Gasteiger partial charge in [-0.1, -0.05) is 0 Å². The molecule has 0 aromatic carbocycles. The molecule has 1 aromatic heterocycles. The van der Waals surface area contributed by atoms with Crippen molar-refractivity contribution in [3.05, 3.63) is 17.6 Å². The van der Waals surface area contributed by atoms with E-state index in [2.05, 4.69) is 9.97 Å². The molecule has 5 N–H and O–H groups in total. The van der Waals surface area contributed by atoms with Gasteiger partial charge in [0.2, 0.25) is 0 Å².